The lowest BCUT2D eigenvalue weighted by Crippen LogP contribution is -2.06. The molecule has 0 fully saturated rings. The molecule has 0 aliphatic heterocycles. The van der Waals surface area contributed by atoms with Crippen LogP contribution in [0.2, 0.25) is 0 Å². The molecule has 0 unspecified atom stereocenters. The molecule has 2 N–H and O–H groups in total. The number of rotatable bonds is 5. The highest BCUT2D eigenvalue weighted by molar-refractivity contribution is 5.87. The number of halogens is 1. The second-order valence-corrected chi connectivity index (χ2v) is 4.50. The summed E-state index contributed by atoms with van der Waals surface area (Å²) in [5, 5.41) is 17.0. The molecule has 0 atom stereocenters. The van der Waals surface area contributed by atoms with E-state index in [-0.39, 0.29) is 12.4 Å². The van der Waals surface area contributed by atoms with E-state index in [1.165, 1.54) is 18.5 Å². The Labute approximate surface area is 120 Å². The molecule has 2 aromatic heterocycles. The fraction of sp³-hybridized carbons (Fsp3) is 0.214. The number of nitrogens with zero attached hydrogens (tertiary/aromatic N) is 4. The highest BCUT2D eigenvalue weighted by Crippen LogP contribution is 2.21. The van der Waals surface area contributed by atoms with Crippen molar-refractivity contribution >= 4 is 16.9 Å². The van der Waals surface area contributed by atoms with E-state index in [2.05, 4.69) is 20.4 Å². The van der Waals surface area contributed by atoms with E-state index < -0.39 is 0 Å². The first-order chi connectivity index (χ1) is 10.3. The average Bonchev–Trinajstić information content (AvgIpc) is 2.93. The van der Waals surface area contributed by atoms with Crippen molar-refractivity contribution < 1.29 is 9.50 Å². The van der Waals surface area contributed by atoms with E-state index in [1.54, 1.807) is 23.0 Å². The summed E-state index contributed by atoms with van der Waals surface area (Å²) in [6.07, 6.45) is 3.75. The molecule has 0 aliphatic rings. The first-order valence-corrected chi connectivity index (χ1v) is 6.59. The van der Waals surface area contributed by atoms with Crippen molar-refractivity contribution in [3.8, 4) is 5.69 Å². The Bertz CT molecular complexity index is 741. The van der Waals surface area contributed by atoms with Crippen LogP contribution in [0.3, 0.4) is 0 Å². The van der Waals surface area contributed by atoms with Gasteiger partial charge in [-0.3, -0.25) is 0 Å². The number of fused-ring (bicyclic) bond motifs is 1. The molecule has 0 aliphatic carbocycles. The number of nitrogens with one attached hydrogen (secondary N) is 1. The lowest BCUT2D eigenvalue weighted by atomic mass is 10.3. The van der Waals surface area contributed by atoms with Crippen LogP contribution >= 0.6 is 0 Å². The monoisotopic (exact) mass is 287 g/mol. The van der Waals surface area contributed by atoms with Gasteiger partial charge in [0.1, 0.15) is 18.0 Å². The van der Waals surface area contributed by atoms with Gasteiger partial charge < -0.3 is 10.4 Å². The summed E-state index contributed by atoms with van der Waals surface area (Å²) >= 11 is 0. The van der Waals surface area contributed by atoms with Gasteiger partial charge in [-0.1, -0.05) is 0 Å². The highest BCUT2D eigenvalue weighted by atomic mass is 19.1. The smallest absolute Gasteiger partial charge is 0.168 e. The summed E-state index contributed by atoms with van der Waals surface area (Å²) in [7, 11) is 0. The summed E-state index contributed by atoms with van der Waals surface area (Å²) in [5.41, 5.74) is 1.37. The predicted octanol–water partition coefficient (Wildman–Crippen LogP) is 1.75. The lowest BCUT2D eigenvalue weighted by molar-refractivity contribution is 0.292. The van der Waals surface area contributed by atoms with Gasteiger partial charge in [-0.2, -0.15) is 5.10 Å². The van der Waals surface area contributed by atoms with Crippen LogP contribution in [-0.4, -0.2) is 38.0 Å². The molecule has 108 valence electrons. The fourth-order valence-corrected chi connectivity index (χ4v) is 2.04. The van der Waals surface area contributed by atoms with Crippen LogP contribution in [0, 0.1) is 5.82 Å². The molecule has 6 nitrogen and oxygen atoms in total. The quantitative estimate of drug-likeness (QED) is 0.699. The second kappa shape index (κ2) is 5.84. The van der Waals surface area contributed by atoms with Crippen molar-refractivity contribution in [1.29, 1.82) is 0 Å². The van der Waals surface area contributed by atoms with E-state index in [1.807, 2.05) is 0 Å². The number of anilines is 1. The Morgan fingerprint density at radius 1 is 1.19 bits per heavy atom. The van der Waals surface area contributed by atoms with Gasteiger partial charge in [-0.05, 0) is 30.7 Å². The minimum Gasteiger partial charge on any atom is -0.396 e. The Morgan fingerprint density at radius 2 is 2.00 bits per heavy atom. The normalized spacial score (nSPS) is 11.0. The minimum absolute atomic E-state index is 0.121. The van der Waals surface area contributed by atoms with Gasteiger partial charge in [0.25, 0.3) is 0 Å². The van der Waals surface area contributed by atoms with Crippen molar-refractivity contribution in [2.24, 2.45) is 0 Å². The molecule has 21 heavy (non-hydrogen) atoms. The molecule has 0 bridgehead atoms. The fourth-order valence-electron chi connectivity index (χ4n) is 2.04. The SMILES string of the molecule is OCCCNc1ncnc2c1cnn2-c1ccc(F)cc1. The van der Waals surface area contributed by atoms with Crippen LogP contribution in [0.4, 0.5) is 10.2 Å². The summed E-state index contributed by atoms with van der Waals surface area (Å²) in [4.78, 5) is 8.42. The molecule has 0 saturated carbocycles. The van der Waals surface area contributed by atoms with Crippen molar-refractivity contribution in [2.45, 2.75) is 6.42 Å². The van der Waals surface area contributed by atoms with Gasteiger partial charge >= 0.3 is 0 Å². The topological polar surface area (TPSA) is 75.9 Å². The molecule has 3 aromatic rings. The van der Waals surface area contributed by atoms with Gasteiger partial charge in [0.05, 0.1) is 17.3 Å². The highest BCUT2D eigenvalue weighted by Gasteiger charge is 2.10. The van der Waals surface area contributed by atoms with E-state index in [9.17, 15) is 4.39 Å². The van der Waals surface area contributed by atoms with Gasteiger partial charge in [-0.25, -0.2) is 19.0 Å². The lowest BCUT2D eigenvalue weighted by Gasteiger charge is -2.06. The number of aromatic nitrogens is 4. The first kappa shape index (κ1) is 13.4. The number of aliphatic hydroxyl groups excluding tert-OH is 1. The van der Waals surface area contributed by atoms with Crippen LogP contribution in [-0.2, 0) is 0 Å². The van der Waals surface area contributed by atoms with Gasteiger partial charge in [0.15, 0.2) is 5.65 Å². The summed E-state index contributed by atoms with van der Waals surface area (Å²) in [6.45, 7) is 0.737. The second-order valence-electron chi connectivity index (χ2n) is 4.50. The van der Waals surface area contributed by atoms with E-state index in [0.29, 0.717) is 24.4 Å². The van der Waals surface area contributed by atoms with Gasteiger partial charge in [-0.15, -0.1) is 0 Å². The Hall–Kier alpha value is -2.54. The van der Waals surface area contributed by atoms with Gasteiger partial charge in [0.2, 0.25) is 0 Å². The summed E-state index contributed by atoms with van der Waals surface area (Å²) < 4.78 is 14.6. The molecular formula is C14H14FN5O. The Kier molecular flexibility index (Phi) is 3.74. The number of benzene rings is 1. The van der Waals surface area contributed by atoms with E-state index in [0.717, 1.165) is 11.1 Å². The van der Waals surface area contributed by atoms with Crippen LogP contribution in [0.15, 0.2) is 36.8 Å². The van der Waals surface area contributed by atoms with Gasteiger partial charge in [0, 0.05) is 13.2 Å². The Morgan fingerprint density at radius 3 is 2.76 bits per heavy atom. The maximum Gasteiger partial charge on any atom is 0.168 e. The minimum atomic E-state index is -0.295. The van der Waals surface area contributed by atoms with Crippen molar-refractivity contribution in [3.05, 3.63) is 42.6 Å². The maximum atomic E-state index is 13.0. The molecular weight excluding hydrogens is 273 g/mol. The summed E-state index contributed by atoms with van der Waals surface area (Å²) in [5.74, 6) is 0.373. The van der Waals surface area contributed by atoms with Crippen LogP contribution < -0.4 is 5.32 Å². The molecule has 0 amide bonds. The van der Waals surface area contributed by atoms with Crippen LogP contribution in [0.5, 0.6) is 0 Å². The zero-order valence-corrected chi connectivity index (χ0v) is 11.2. The molecule has 1 aromatic carbocycles. The average molecular weight is 287 g/mol. The van der Waals surface area contributed by atoms with Crippen molar-refractivity contribution in [2.75, 3.05) is 18.5 Å². The molecule has 0 spiro atoms. The third-order valence-electron chi connectivity index (χ3n) is 3.06. The molecule has 2 heterocycles. The third-order valence-corrected chi connectivity index (χ3v) is 3.06. The van der Waals surface area contributed by atoms with E-state index in [4.69, 9.17) is 5.11 Å². The number of hydrogen-bond donors (Lipinski definition) is 2. The largest absolute Gasteiger partial charge is 0.396 e. The third kappa shape index (κ3) is 2.68. The zero-order valence-electron chi connectivity index (χ0n) is 11.2. The maximum absolute atomic E-state index is 13.0. The molecule has 7 heteroatoms. The first-order valence-electron chi connectivity index (χ1n) is 6.59. The molecule has 0 saturated heterocycles. The van der Waals surface area contributed by atoms with E-state index >= 15 is 0 Å². The van der Waals surface area contributed by atoms with Crippen molar-refractivity contribution in [1.82, 2.24) is 19.7 Å². The van der Waals surface area contributed by atoms with Crippen LogP contribution in [0.25, 0.3) is 16.7 Å². The number of hydrogen-bond acceptors (Lipinski definition) is 5. The van der Waals surface area contributed by atoms with Crippen LogP contribution in [0.1, 0.15) is 6.42 Å². The Balaban J connectivity index is 1.98. The number of aliphatic hydroxyl groups is 1. The predicted molar refractivity (Wildman–Crippen MR) is 76.8 cm³/mol. The van der Waals surface area contributed by atoms with Crippen molar-refractivity contribution in [3.63, 3.8) is 0 Å². The summed E-state index contributed by atoms with van der Waals surface area (Å²) in [6, 6.07) is 6.04. The zero-order chi connectivity index (χ0) is 14.7. The molecule has 3 rings (SSSR count). The standard InChI is InChI=1S/C14H14FN5O/c15-10-2-4-11(5-3-10)20-14-12(8-19-20)13(17-9-18-14)16-6-1-7-21/h2-5,8-9,21H,1,6-7H2,(H,16,17,18). The molecule has 0 radical (unpaired) electrons.